The first kappa shape index (κ1) is 17.0. The zero-order valence-electron chi connectivity index (χ0n) is 13.1. The second-order valence-electron chi connectivity index (χ2n) is 5.62. The van der Waals surface area contributed by atoms with Gasteiger partial charge in [-0.05, 0) is 41.8 Å². The maximum absolute atomic E-state index is 13.8. The highest BCUT2D eigenvalue weighted by Crippen LogP contribution is 2.24. The fourth-order valence-electron chi connectivity index (χ4n) is 2.68. The van der Waals surface area contributed by atoms with E-state index in [4.69, 9.17) is 16.7 Å². The van der Waals surface area contributed by atoms with Crippen molar-refractivity contribution in [3.63, 3.8) is 0 Å². The zero-order chi connectivity index (χ0) is 18.0. The minimum atomic E-state index is -0.948. The van der Waals surface area contributed by atoms with Gasteiger partial charge in [-0.3, -0.25) is 0 Å². The van der Waals surface area contributed by atoms with Crippen LogP contribution >= 0.6 is 11.6 Å². The molecule has 3 amide bonds. The van der Waals surface area contributed by atoms with Gasteiger partial charge >= 0.3 is 12.1 Å². The highest BCUT2D eigenvalue weighted by atomic mass is 35.5. The van der Waals surface area contributed by atoms with Crippen LogP contribution in [0, 0.1) is 5.82 Å². The number of hydrogen-bond donors (Lipinski definition) is 3. The quantitative estimate of drug-likeness (QED) is 0.749. The van der Waals surface area contributed by atoms with Crippen molar-refractivity contribution in [1.29, 1.82) is 0 Å². The minimum absolute atomic E-state index is 0.0138. The summed E-state index contributed by atoms with van der Waals surface area (Å²) in [6, 6.07) is 9.00. The van der Waals surface area contributed by atoms with Crippen molar-refractivity contribution < 1.29 is 19.1 Å². The van der Waals surface area contributed by atoms with Crippen molar-refractivity contribution in [3.8, 4) is 0 Å². The third-order valence-electron chi connectivity index (χ3n) is 3.95. The van der Waals surface area contributed by atoms with E-state index in [1.807, 2.05) is 0 Å². The third kappa shape index (κ3) is 3.83. The predicted octanol–water partition coefficient (Wildman–Crippen LogP) is 4.16. The summed E-state index contributed by atoms with van der Waals surface area (Å²) in [6.45, 7) is 0.733. The number of halogens is 2. The molecule has 0 fully saturated rings. The van der Waals surface area contributed by atoms with Gasteiger partial charge in [-0.25, -0.2) is 14.0 Å². The number of hydrogen-bond acceptors (Lipinski definition) is 2. The fourth-order valence-corrected chi connectivity index (χ4v) is 2.85. The van der Waals surface area contributed by atoms with Crippen LogP contribution in [-0.2, 0) is 13.0 Å². The normalized spacial score (nSPS) is 13.1. The maximum atomic E-state index is 13.8. The van der Waals surface area contributed by atoms with Crippen molar-refractivity contribution in [2.45, 2.75) is 13.0 Å². The zero-order valence-corrected chi connectivity index (χ0v) is 13.8. The first-order chi connectivity index (χ1) is 11.9. The Morgan fingerprint density at radius 2 is 1.96 bits per heavy atom. The molecule has 1 aliphatic heterocycles. The second-order valence-corrected chi connectivity index (χ2v) is 6.03. The first-order valence-corrected chi connectivity index (χ1v) is 7.93. The molecule has 3 N–H and O–H groups in total. The Kier molecular flexibility index (Phi) is 4.76. The summed E-state index contributed by atoms with van der Waals surface area (Å²) in [5.74, 6) is -0.696. The number of urea groups is 1. The number of fused-ring (bicyclic) bond motifs is 1. The predicted molar refractivity (Wildman–Crippen MR) is 92.6 cm³/mol. The summed E-state index contributed by atoms with van der Waals surface area (Å²) in [6.07, 6.45) is -0.377. The Bertz CT molecular complexity index is 844. The first-order valence-electron chi connectivity index (χ1n) is 7.56. The van der Waals surface area contributed by atoms with Crippen molar-refractivity contribution in [1.82, 2.24) is 4.90 Å². The highest BCUT2D eigenvalue weighted by Gasteiger charge is 2.20. The van der Waals surface area contributed by atoms with E-state index >= 15 is 0 Å². The molecule has 0 aliphatic carbocycles. The molecule has 1 heterocycles. The van der Waals surface area contributed by atoms with E-state index in [1.165, 1.54) is 23.1 Å². The number of carbonyl (C=O) groups excluding carboxylic acids is 1. The lowest BCUT2D eigenvalue weighted by Crippen LogP contribution is -2.34. The van der Waals surface area contributed by atoms with Crippen molar-refractivity contribution in [2.75, 3.05) is 17.2 Å². The number of benzene rings is 2. The topological polar surface area (TPSA) is 81.7 Å². The molecule has 6 nitrogen and oxygen atoms in total. The Labute approximate surface area is 148 Å². The van der Waals surface area contributed by atoms with Gasteiger partial charge in [0.1, 0.15) is 0 Å². The molecule has 1 aliphatic rings. The van der Waals surface area contributed by atoms with Gasteiger partial charge in [-0.15, -0.1) is 0 Å². The average molecular weight is 364 g/mol. The molecule has 0 atom stereocenters. The summed E-state index contributed by atoms with van der Waals surface area (Å²) in [7, 11) is 0. The highest BCUT2D eigenvalue weighted by molar-refractivity contribution is 6.31. The Balaban J connectivity index is 1.68. The van der Waals surface area contributed by atoms with Gasteiger partial charge in [0.15, 0.2) is 5.82 Å². The van der Waals surface area contributed by atoms with Gasteiger partial charge < -0.3 is 20.6 Å². The molecule has 0 unspecified atom stereocenters. The van der Waals surface area contributed by atoms with Crippen LogP contribution in [0.25, 0.3) is 0 Å². The minimum Gasteiger partial charge on any atom is -0.465 e. The van der Waals surface area contributed by atoms with E-state index < -0.39 is 17.9 Å². The van der Waals surface area contributed by atoms with E-state index in [0.717, 1.165) is 11.1 Å². The van der Waals surface area contributed by atoms with Crippen LogP contribution in [0.4, 0.5) is 25.4 Å². The van der Waals surface area contributed by atoms with E-state index in [-0.39, 0.29) is 10.7 Å². The molecule has 8 heteroatoms. The number of carboxylic acid groups (broad SMARTS) is 1. The lowest BCUT2D eigenvalue weighted by Gasteiger charge is -2.26. The molecule has 0 saturated carbocycles. The van der Waals surface area contributed by atoms with Gasteiger partial charge in [-0.2, -0.15) is 0 Å². The molecule has 3 rings (SSSR count). The Morgan fingerprint density at radius 3 is 2.72 bits per heavy atom. The van der Waals surface area contributed by atoms with Gasteiger partial charge in [0.05, 0.1) is 10.7 Å². The number of nitrogens with one attached hydrogen (secondary N) is 2. The number of carbonyl (C=O) groups is 2. The summed E-state index contributed by atoms with van der Waals surface area (Å²) < 4.78 is 13.8. The van der Waals surface area contributed by atoms with E-state index in [1.54, 1.807) is 18.2 Å². The molecular weight excluding hydrogens is 349 g/mol. The largest absolute Gasteiger partial charge is 0.465 e. The number of nitrogens with zero attached hydrogens (tertiary/aromatic N) is 1. The molecule has 130 valence electrons. The van der Waals surface area contributed by atoms with Gasteiger partial charge in [0.2, 0.25) is 0 Å². The van der Waals surface area contributed by atoms with Crippen LogP contribution in [-0.4, -0.2) is 28.7 Å². The van der Waals surface area contributed by atoms with Crippen LogP contribution in [0.15, 0.2) is 36.4 Å². The molecule has 2 aromatic carbocycles. The Morgan fingerprint density at radius 1 is 1.16 bits per heavy atom. The smallest absolute Gasteiger partial charge is 0.407 e. The third-order valence-corrected chi connectivity index (χ3v) is 4.24. The summed E-state index contributed by atoms with van der Waals surface area (Å²) in [4.78, 5) is 24.4. The van der Waals surface area contributed by atoms with E-state index in [9.17, 15) is 14.0 Å². The van der Waals surface area contributed by atoms with E-state index in [0.29, 0.717) is 25.2 Å². The monoisotopic (exact) mass is 363 g/mol. The molecule has 2 aromatic rings. The summed E-state index contributed by atoms with van der Waals surface area (Å²) >= 11 is 5.68. The van der Waals surface area contributed by atoms with Crippen LogP contribution in [0.2, 0.25) is 5.02 Å². The number of amides is 3. The van der Waals surface area contributed by atoms with Crippen LogP contribution in [0.3, 0.4) is 0 Å². The van der Waals surface area contributed by atoms with Crippen molar-refractivity contribution >= 4 is 35.1 Å². The fraction of sp³-hybridized carbons (Fsp3) is 0.176. The molecule has 0 bridgehead atoms. The Hall–Kier alpha value is -2.80. The van der Waals surface area contributed by atoms with Gasteiger partial charge in [-0.1, -0.05) is 23.7 Å². The SMILES string of the molecule is O=C(Nc1ccc2c(c1)CCN(C(=O)O)C2)Nc1cccc(Cl)c1F. The standard InChI is InChI=1S/C17H15ClFN3O3/c18-13-2-1-3-14(15(13)19)21-16(23)20-12-5-4-11-9-22(17(24)25)7-6-10(11)8-12/h1-5,8H,6-7,9H2,(H,24,25)(H2,20,21,23). The lowest BCUT2D eigenvalue weighted by molar-refractivity contribution is 0.140. The van der Waals surface area contributed by atoms with Crippen molar-refractivity contribution in [3.05, 3.63) is 58.4 Å². The molecular formula is C17H15ClFN3O3. The molecule has 0 spiro atoms. The summed E-state index contributed by atoms with van der Waals surface area (Å²) in [5.41, 5.74) is 2.41. The number of anilines is 2. The average Bonchev–Trinajstić information content (AvgIpc) is 2.58. The van der Waals surface area contributed by atoms with Gasteiger partial charge in [0.25, 0.3) is 0 Å². The van der Waals surface area contributed by atoms with Gasteiger partial charge in [0, 0.05) is 18.8 Å². The molecule has 0 radical (unpaired) electrons. The van der Waals surface area contributed by atoms with Crippen LogP contribution < -0.4 is 10.6 Å². The second kappa shape index (κ2) is 6.98. The van der Waals surface area contributed by atoms with Crippen LogP contribution in [0.1, 0.15) is 11.1 Å². The molecule has 0 aromatic heterocycles. The van der Waals surface area contributed by atoms with Crippen molar-refractivity contribution in [2.24, 2.45) is 0 Å². The van der Waals surface area contributed by atoms with Crippen LogP contribution in [0.5, 0.6) is 0 Å². The lowest BCUT2D eigenvalue weighted by atomic mass is 9.99. The van der Waals surface area contributed by atoms with E-state index in [2.05, 4.69) is 10.6 Å². The molecule has 25 heavy (non-hydrogen) atoms. The maximum Gasteiger partial charge on any atom is 0.407 e. The molecule has 0 saturated heterocycles. The summed E-state index contributed by atoms with van der Waals surface area (Å²) in [5, 5.41) is 14.0. The number of rotatable bonds is 2.